The number of halogens is 1. The second-order valence-corrected chi connectivity index (χ2v) is 5.94. The summed E-state index contributed by atoms with van der Waals surface area (Å²) >= 11 is 3.24. The average Bonchev–Trinajstić information content (AvgIpc) is 2.86. The molecule has 1 aromatic rings. The van der Waals surface area contributed by atoms with Crippen LogP contribution >= 0.6 is 15.9 Å². The number of nitro groups is 1. The monoisotopic (exact) mass is 328 g/mol. The molecular formula is C13H17BrN2O3. The number of hydrogen-bond acceptors (Lipinski definition) is 4. The Bertz CT molecular complexity index is 473. The molecule has 2 rings (SSSR count). The molecule has 2 N–H and O–H groups in total. The van der Waals surface area contributed by atoms with Gasteiger partial charge in [0.2, 0.25) is 0 Å². The fourth-order valence-corrected chi connectivity index (χ4v) is 2.93. The molecule has 0 atom stereocenters. The quantitative estimate of drug-likeness (QED) is 0.643. The molecule has 0 unspecified atom stereocenters. The molecule has 0 amide bonds. The molecule has 0 aromatic heterocycles. The summed E-state index contributed by atoms with van der Waals surface area (Å²) in [5.41, 5.74) is 0.488. The molecule has 1 aromatic carbocycles. The van der Waals surface area contributed by atoms with Crippen LogP contribution in [0.3, 0.4) is 0 Å². The first-order valence-corrected chi connectivity index (χ1v) is 7.14. The number of nitro benzene ring substituents is 1. The Balaban J connectivity index is 2.13. The maximum atomic E-state index is 11.0. The predicted molar refractivity (Wildman–Crippen MR) is 75.9 cm³/mol. The summed E-state index contributed by atoms with van der Waals surface area (Å²) in [7, 11) is 0. The third-order valence-corrected chi connectivity index (χ3v) is 4.25. The van der Waals surface area contributed by atoms with E-state index in [0.29, 0.717) is 16.6 Å². The van der Waals surface area contributed by atoms with Crippen LogP contribution in [0.5, 0.6) is 0 Å². The molecule has 0 bridgehead atoms. The molecule has 6 heteroatoms. The zero-order valence-electron chi connectivity index (χ0n) is 10.6. The Morgan fingerprint density at radius 3 is 2.68 bits per heavy atom. The lowest BCUT2D eigenvalue weighted by molar-refractivity contribution is -0.385. The third kappa shape index (κ3) is 3.32. The SMILES string of the molecule is O=[N+]([O-])c1cc(Br)ccc1CNC1(CO)CCCC1. The molecule has 1 saturated carbocycles. The van der Waals surface area contributed by atoms with E-state index in [1.165, 1.54) is 6.07 Å². The van der Waals surface area contributed by atoms with Crippen molar-refractivity contribution in [1.82, 2.24) is 5.32 Å². The van der Waals surface area contributed by atoms with Gasteiger partial charge in [-0.3, -0.25) is 10.1 Å². The normalized spacial score (nSPS) is 17.6. The van der Waals surface area contributed by atoms with Crippen molar-refractivity contribution in [3.8, 4) is 0 Å². The van der Waals surface area contributed by atoms with Crippen LogP contribution in [0.4, 0.5) is 5.69 Å². The van der Waals surface area contributed by atoms with Crippen molar-refractivity contribution in [2.75, 3.05) is 6.61 Å². The lowest BCUT2D eigenvalue weighted by Gasteiger charge is -2.28. The maximum absolute atomic E-state index is 11.0. The van der Waals surface area contributed by atoms with Crippen molar-refractivity contribution in [3.63, 3.8) is 0 Å². The van der Waals surface area contributed by atoms with E-state index < -0.39 is 0 Å². The zero-order valence-corrected chi connectivity index (χ0v) is 12.1. The van der Waals surface area contributed by atoms with Crippen LogP contribution in [0.1, 0.15) is 31.2 Å². The van der Waals surface area contributed by atoms with Crippen molar-refractivity contribution in [2.24, 2.45) is 0 Å². The summed E-state index contributed by atoms with van der Waals surface area (Å²) in [6.45, 7) is 0.488. The smallest absolute Gasteiger partial charge is 0.275 e. The van der Waals surface area contributed by atoms with Crippen LogP contribution in [0.25, 0.3) is 0 Å². The van der Waals surface area contributed by atoms with E-state index >= 15 is 0 Å². The van der Waals surface area contributed by atoms with Gasteiger partial charge in [-0.1, -0.05) is 28.8 Å². The van der Waals surface area contributed by atoms with Crippen LogP contribution in [-0.2, 0) is 6.54 Å². The summed E-state index contributed by atoms with van der Waals surface area (Å²) in [6, 6.07) is 5.05. The van der Waals surface area contributed by atoms with E-state index in [2.05, 4.69) is 21.2 Å². The van der Waals surface area contributed by atoms with Crippen LogP contribution in [0.2, 0.25) is 0 Å². The first-order valence-electron chi connectivity index (χ1n) is 6.35. The van der Waals surface area contributed by atoms with E-state index in [0.717, 1.165) is 25.7 Å². The summed E-state index contributed by atoms with van der Waals surface area (Å²) in [5, 5.41) is 23.8. The van der Waals surface area contributed by atoms with Gasteiger partial charge in [0, 0.05) is 28.2 Å². The molecule has 0 saturated heterocycles. The number of nitrogens with zero attached hydrogens (tertiary/aromatic N) is 1. The highest BCUT2D eigenvalue weighted by Crippen LogP contribution is 2.30. The minimum absolute atomic E-state index is 0.0807. The number of rotatable bonds is 5. The molecule has 0 spiro atoms. The molecule has 0 radical (unpaired) electrons. The minimum atomic E-state index is -0.373. The molecule has 0 heterocycles. The Hall–Kier alpha value is -0.980. The third-order valence-electron chi connectivity index (χ3n) is 3.76. The van der Waals surface area contributed by atoms with Gasteiger partial charge in [0.1, 0.15) is 0 Å². The van der Waals surface area contributed by atoms with Crippen molar-refractivity contribution >= 4 is 21.6 Å². The van der Waals surface area contributed by atoms with Crippen molar-refractivity contribution in [2.45, 2.75) is 37.8 Å². The Labute approximate surface area is 120 Å². The van der Waals surface area contributed by atoms with Crippen LogP contribution in [0.15, 0.2) is 22.7 Å². The van der Waals surface area contributed by atoms with E-state index in [1.807, 2.05) is 0 Å². The van der Waals surface area contributed by atoms with Gasteiger partial charge in [0.25, 0.3) is 5.69 Å². The molecule has 5 nitrogen and oxygen atoms in total. The van der Waals surface area contributed by atoms with Gasteiger partial charge in [0.05, 0.1) is 11.5 Å². The minimum Gasteiger partial charge on any atom is -0.394 e. The molecule has 19 heavy (non-hydrogen) atoms. The summed E-state index contributed by atoms with van der Waals surface area (Å²) in [6.07, 6.45) is 4.04. The molecule has 1 fully saturated rings. The topological polar surface area (TPSA) is 75.4 Å². The van der Waals surface area contributed by atoms with Crippen molar-refractivity contribution in [1.29, 1.82) is 0 Å². The van der Waals surface area contributed by atoms with Crippen molar-refractivity contribution in [3.05, 3.63) is 38.3 Å². The van der Waals surface area contributed by atoms with Crippen LogP contribution < -0.4 is 5.32 Å². The largest absolute Gasteiger partial charge is 0.394 e. The fourth-order valence-electron chi connectivity index (χ4n) is 2.58. The molecule has 1 aliphatic rings. The Morgan fingerprint density at radius 1 is 1.42 bits per heavy atom. The van der Waals surface area contributed by atoms with Gasteiger partial charge >= 0.3 is 0 Å². The van der Waals surface area contributed by atoms with E-state index in [-0.39, 0.29) is 22.8 Å². The summed E-state index contributed by atoms with van der Waals surface area (Å²) in [5.74, 6) is 0. The first kappa shape index (κ1) is 14.4. The lowest BCUT2D eigenvalue weighted by atomic mass is 9.98. The van der Waals surface area contributed by atoms with Crippen molar-refractivity contribution < 1.29 is 10.0 Å². The summed E-state index contributed by atoms with van der Waals surface area (Å²) in [4.78, 5) is 10.7. The van der Waals surface area contributed by atoms with Gasteiger partial charge < -0.3 is 10.4 Å². The average molecular weight is 329 g/mol. The second-order valence-electron chi connectivity index (χ2n) is 5.03. The fraction of sp³-hybridized carbons (Fsp3) is 0.538. The number of hydrogen-bond donors (Lipinski definition) is 2. The summed E-state index contributed by atoms with van der Waals surface area (Å²) < 4.78 is 0.695. The number of aliphatic hydroxyl groups is 1. The van der Waals surface area contributed by atoms with E-state index in [9.17, 15) is 15.2 Å². The maximum Gasteiger partial charge on any atom is 0.275 e. The van der Waals surface area contributed by atoms with Gasteiger partial charge in [-0.25, -0.2) is 0 Å². The second kappa shape index (κ2) is 5.98. The first-order chi connectivity index (χ1) is 9.06. The molecule has 1 aliphatic carbocycles. The highest BCUT2D eigenvalue weighted by molar-refractivity contribution is 9.10. The Morgan fingerprint density at radius 2 is 2.11 bits per heavy atom. The van der Waals surface area contributed by atoms with Gasteiger partial charge in [-0.05, 0) is 25.0 Å². The lowest BCUT2D eigenvalue weighted by Crippen LogP contribution is -2.45. The standard InChI is InChI=1S/C13H17BrN2O3/c14-11-4-3-10(12(7-11)16(18)19)8-15-13(9-17)5-1-2-6-13/h3-4,7,15,17H,1-2,5-6,8-9H2. The molecule has 0 aliphatic heterocycles. The highest BCUT2D eigenvalue weighted by Gasteiger charge is 2.32. The molecular weight excluding hydrogens is 312 g/mol. The number of benzene rings is 1. The number of aliphatic hydroxyl groups excluding tert-OH is 1. The van der Waals surface area contributed by atoms with Gasteiger partial charge in [0.15, 0.2) is 0 Å². The van der Waals surface area contributed by atoms with E-state index in [1.54, 1.807) is 12.1 Å². The highest BCUT2D eigenvalue weighted by atomic mass is 79.9. The van der Waals surface area contributed by atoms with E-state index in [4.69, 9.17) is 0 Å². The zero-order chi connectivity index (χ0) is 13.9. The van der Waals surface area contributed by atoms with Gasteiger partial charge in [-0.15, -0.1) is 0 Å². The van der Waals surface area contributed by atoms with Crippen LogP contribution in [0, 0.1) is 10.1 Å². The molecule has 104 valence electrons. The van der Waals surface area contributed by atoms with Gasteiger partial charge in [-0.2, -0.15) is 0 Å². The Kier molecular flexibility index (Phi) is 4.54. The van der Waals surface area contributed by atoms with Crippen LogP contribution in [-0.4, -0.2) is 22.2 Å². The number of nitrogens with one attached hydrogen (secondary N) is 1. The predicted octanol–water partition coefficient (Wildman–Crippen LogP) is 2.75.